The third kappa shape index (κ3) is 6.08. The van der Waals surface area contributed by atoms with E-state index < -0.39 is 12.1 Å². The van der Waals surface area contributed by atoms with E-state index in [0.29, 0.717) is 18.1 Å². The molecular formula is C13H22F3N3O3. The number of unbranched alkanes of at least 4 members (excludes halogenated alkanes) is 2. The maximum absolute atomic E-state index is 10.6. The number of fused-ring (bicyclic) bond motifs is 3. The number of nitrogens with one attached hydrogen (secondary N) is 1. The number of hydrogen-bond acceptors (Lipinski definition) is 5. The van der Waals surface area contributed by atoms with Crippen LogP contribution in [-0.2, 0) is 9.53 Å². The Kier molecular flexibility index (Phi) is 6.92. The summed E-state index contributed by atoms with van der Waals surface area (Å²) in [6.45, 7) is 2.22. The summed E-state index contributed by atoms with van der Waals surface area (Å²) < 4.78 is 37.6. The molecule has 3 heterocycles. The van der Waals surface area contributed by atoms with Crippen LogP contribution in [0.2, 0.25) is 0 Å². The van der Waals surface area contributed by atoms with Gasteiger partial charge in [-0.15, -0.1) is 0 Å². The van der Waals surface area contributed by atoms with Crippen molar-refractivity contribution in [2.75, 3.05) is 0 Å². The maximum atomic E-state index is 10.6. The molecular weight excluding hydrogens is 303 g/mol. The van der Waals surface area contributed by atoms with Gasteiger partial charge in [0.25, 0.3) is 0 Å². The van der Waals surface area contributed by atoms with E-state index in [9.17, 15) is 13.2 Å². The summed E-state index contributed by atoms with van der Waals surface area (Å²) in [6, 6.07) is 0.379. The zero-order chi connectivity index (χ0) is 16.8. The summed E-state index contributed by atoms with van der Waals surface area (Å²) >= 11 is 0. The highest BCUT2D eigenvalue weighted by Gasteiger charge is 2.38. The van der Waals surface area contributed by atoms with Crippen molar-refractivity contribution >= 4 is 11.9 Å². The highest BCUT2D eigenvalue weighted by molar-refractivity contribution is 5.78. The number of aliphatic imine (C=N–C) groups is 1. The van der Waals surface area contributed by atoms with Crippen molar-refractivity contribution in [2.24, 2.45) is 10.7 Å². The predicted octanol–water partition coefficient (Wildman–Crippen LogP) is 1.99. The van der Waals surface area contributed by atoms with Crippen LogP contribution in [-0.4, -0.2) is 41.6 Å². The molecule has 6 nitrogen and oxygen atoms in total. The Morgan fingerprint density at radius 2 is 2.09 bits per heavy atom. The van der Waals surface area contributed by atoms with Crippen LogP contribution in [0.1, 0.15) is 45.4 Å². The molecule has 4 N–H and O–H groups in total. The number of aliphatic carboxylic acids is 1. The molecule has 3 atom stereocenters. The molecule has 0 aromatic heterocycles. The van der Waals surface area contributed by atoms with Crippen LogP contribution in [0.25, 0.3) is 0 Å². The van der Waals surface area contributed by atoms with E-state index >= 15 is 0 Å². The molecule has 0 aromatic carbocycles. The van der Waals surface area contributed by atoms with Crippen LogP contribution in [0.4, 0.5) is 13.2 Å². The number of ether oxygens (including phenoxy) is 1. The van der Waals surface area contributed by atoms with E-state index in [4.69, 9.17) is 20.4 Å². The number of carboxylic acids is 1. The fourth-order valence-corrected chi connectivity index (χ4v) is 2.38. The van der Waals surface area contributed by atoms with Gasteiger partial charge in [0.1, 0.15) is 0 Å². The quantitative estimate of drug-likeness (QED) is 0.687. The number of guanidine groups is 1. The second kappa shape index (κ2) is 8.21. The maximum Gasteiger partial charge on any atom is 0.490 e. The van der Waals surface area contributed by atoms with Gasteiger partial charge in [0.15, 0.2) is 12.2 Å². The summed E-state index contributed by atoms with van der Waals surface area (Å²) in [5.41, 5.74) is 5.73. The van der Waals surface area contributed by atoms with E-state index in [1.165, 1.54) is 19.3 Å². The van der Waals surface area contributed by atoms with Crippen molar-refractivity contribution in [3.05, 3.63) is 0 Å². The number of nitrogens with two attached hydrogens (primary N) is 1. The number of halogens is 3. The van der Waals surface area contributed by atoms with Gasteiger partial charge in [-0.25, -0.2) is 9.79 Å². The first-order valence-corrected chi connectivity index (χ1v) is 7.29. The van der Waals surface area contributed by atoms with Gasteiger partial charge in [-0.2, -0.15) is 13.2 Å². The molecule has 3 aliphatic rings. The Morgan fingerprint density at radius 1 is 1.45 bits per heavy atom. The van der Waals surface area contributed by atoms with Crippen LogP contribution in [0.5, 0.6) is 0 Å². The summed E-state index contributed by atoms with van der Waals surface area (Å²) in [5, 5.41) is 10.4. The summed E-state index contributed by atoms with van der Waals surface area (Å²) in [4.78, 5) is 13.2. The van der Waals surface area contributed by atoms with E-state index in [0.717, 1.165) is 19.3 Å². The highest BCUT2D eigenvalue weighted by Crippen LogP contribution is 2.26. The Labute approximate surface area is 126 Å². The molecule has 9 heteroatoms. The number of carboxylic acid groups (broad SMARTS) is 1. The molecule has 0 radical (unpaired) electrons. The summed E-state index contributed by atoms with van der Waals surface area (Å²) in [7, 11) is 0. The fourth-order valence-electron chi connectivity index (χ4n) is 2.38. The average molecular weight is 325 g/mol. The van der Waals surface area contributed by atoms with Crippen LogP contribution in [0, 0.1) is 0 Å². The fraction of sp³-hybridized carbons (Fsp3) is 0.846. The van der Waals surface area contributed by atoms with Crippen molar-refractivity contribution in [3.8, 4) is 0 Å². The third-order valence-corrected chi connectivity index (χ3v) is 3.46. The number of nitrogens with zero attached hydrogens (tertiary/aromatic N) is 1. The number of carbonyl (C=O) groups is 1. The first kappa shape index (κ1) is 18.5. The molecule has 1 fully saturated rings. The largest absolute Gasteiger partial charge is 0.490 e. The molecule has 3 aliphatic heterocycles. The van der Waals surface area contributed by atoms with Gasteiger partial charge in [-0.05, 0) is 19.3 Å². The topological polar surface area (TPSA) is 96.9 Å². The van der Waals surface area contributed by atoms with Gasteiger partial charge in [-0.1, -0.05) is 26.2 Å². The van der Waals surface area contributed by atoms with Gasteiger partial charge in [0.05, 0.1) is 12.1 Å². The lowest BCUT2D eigenvalue weighted by molar-refractivity contribution is -0.192. The van der Waals surface area contributed by atoms with Crippen molar-refractivity contribution in [2.45, 2.75) is 70.0 Å². The van der Waals surface area contributed by atoms with Gasteiger partial charge in [-0.3, -0.25) is 0 Å². The van der Waals surface area contributed by atoms with Crippen LogP contribution < -0.4 is 11.1 Å². The highest BCUT2D eigenvalue weighted by atomic mass is 19.4. The molecule has 0 spiro atoms. The first-order chi connectivity index (χ1) is 10.2. The molecule has 0 saturated carbocycles. The SMILES string of the molecule is CCCCC[C@H]1O[C@H]2CC[C@@H]1NC(N)=N2.O=C(O)C(F)(F)F. The molecule has 22 heavy (non-hydrogen) atoms. The molecule has 1 saturated heterocycles. The summed E-state index contributed by atoms with van der Waals surface area (Å²) in [5.74, 6) is -2.20. The zero-order valence-electron chi connectivity index (χ0n) is 12.4. The lowest BCUT2D eigenvalue weighted by Crippen LogP contribution is -2.47. The number of hydrogen-bond donors (Lipinski definition) is 3. The van der Waals surface area contributed by atoms with Gasteiger partial charge in [0.2, 0.25) is 0 Å². The van der Waals surface area contributed by atoms with Gasteiger partial charge < -0.3 is 20.9 Å². The lowest BCUT2D eigenvalue weighted by Gasteiger charge is -2.32. The third-order valence-electron chi connectivity index (χ3n) is 3.46. The molecule has 0 amide bonds. The molecule has 128 valence electrons. The zero-order valence-corrected chi connectivity index (χ0v) is 12.4. The van der Waals surface area contributed by atoms with Crippen molar-refractivity contribution in [3.63, 3.8) is 0 Å². The second-order valence-corrected chi connectivity index (χ2v) is 5.27. The summed E-state index contributed by atoms with van der Waals surface area (Å²) in [6.07, 6.45) is 2.27. The minimum atomic E-state index is -5.08. The van der Waals surface area contributed by atoms with Crippen LogP contribution in [0.3, 0.4) is 0 Å². The van der Waals surface area contributed by atoms with E-state index in [2.05, 4.69) is 17.2 Å². The second-order valence-electron chi connectivity index (χ2n) is 5.27. The lowest BCUT2D eigenvalue weighted by atomic mass is 9.97. The van der Waals surface area contributed by atoms with E-state index in [-0.39, 0.29) is 6.23 Å². The predicted molar refractivity (Wildman–Crippen MR) is 74.3 cm³/mol. The Balaban J connectivity index is 0.000000295. The molecule has 0 aromatic rings. The van der Waals surface area contributed by atoms with Crippen LogP contribution >= 0.6 is 0 Å². The number of alkyl halides is 3. The Bertz CT molecular complexity index is 402. The molecule has 2 bridgehead atoms. The molecule has 0 unspecified atom stereocenters. The Morgan fingerprint density at radius 3 is 2.64 bits per heavy atom. The smallest absolute Gasteiger partial charge is 0.475 e. The molecule has 0 aliphatic carbocycles. The standard InChI is InChI=1S/C11H21N3O.C2HF3O2/c1-2-3-4-5-9-8-6-7-10(15-9)14-11(12)13-8;3-2(4,5)1(6)7/h8-10H,2-7H2,1H3,(H3,12,13,14);(H,6,7)/t8-,9+,10-;/m0./s1. The monoisotopic (exact) mass is 325 g/mol. The van der Waals surface area contributed by atoms with Gasteiger partial charge >= 0.3 is 12.1 Å². The minimum Gasteiger partial charge on any atom is -0.475 e. The minimum absolute atomic E-state index is 0.00266. The van der Waals surface area contributed by atoms with Crippen molar-refractivity contribution in [1.82, 2.24) is 5.32 Å². The van der Waals surface area contributed by atoms with Gasteiger partial charge in [0, 0.05) is 0 Å². The first-order valence-electron chi connectivity index (χ1n) is 7.29. The van der Waals surface area contributed by atoms with Crippen LogP contribution in [0.15, 0.2) is 4.99 Å². The van der Waals surface area contributed by atoms with E-state index in [1.54, 1.807) is 0 Å². The van der Waals surface area contributed by atoms with E-state index in [1.807, 2.05) is 0 Å². The molecule has 3 rings (SSSR count). The van der Waals surface area contributed by atoms with Crippen molar-refractivity contribution in [1.29, 1.82) is 0 Å². The number of rotatable bonds is 4. The Hall–Kier alpha value is -1.51. The van der Waals surface area contributed by atoms with Crippen molar-refractivity contribution < 1.29 is 27.8 Å². The average Bonchev–Trinajstić information content (AvgIpc) is 2.67. The normalized spacial score (nSPS) is 27.1.